The fraction of sp³-hybridized carbons (Fsp3) is 0.412. The Hall–Kier alpha value is -2.32. The van der Waals surface area contributed by atoms with Crippen LogP contribution in [0, 0.1) is 17.2 Å². The Kier molecular flexibility index (Phi) is 3.12. The molecule has 0 spiro atoms. The molecule has 112 valence electrons. The van der Waals surface area contributed by atoms with Gasteiger partial charge >= 0.3 is 0 Å². The molecule has 2 aliphatic heterocycles. The van der Waals surface area contributed by atoms with E-state index in [0.29, 0.717) is 11.3 Å². The Balaban J connectivity index is 1.52. The van der Waals surface area contributed by atoms with Gasteiger partial charge in [-0.25, -0.2) is 0 Å². The lowest BCUT2D eigenvalue weighted by Crippen LogP contribution is -2.47. The van der Waals surface area contributed by atoms with Crippen LogP contribution in [0.4, 0.5) is 0 Å². The first kappa shape index (κ1) is 13.4. The number of fused-ring (bicyclic) bond motifs is 3. The van der Waals surface area contributed by atoms with Crippen LogP contribution in [0.15, 0.2) is 30.5 Å². The minimum absolute atomic E-state index is 0.0188. The van der Waals surface area contributed by atoms with Crippen molar-refractivity contribution in [3.05, 3.63) is 41.7 Å². The monoisotopic (exact) mass is 294 g/mol. The number of nitrogens with zero attached hydrogens (tertiary/aromatic N) is 3. The van der Waals surface area contributed by atoms with Crippen LogP contribution in [0.3, 0.4) is 0 Å². The van der Waals surface area contributed by atoms with E-state index in [1.807, 2.05) is 12.1 Å². The fourth-order valence-corrected chi connectivity index (χ4v) is 3.78. The zero-order valence-electron chi connectivity index (χ0n) is 12.3. The molecule has 1 amide bonds. The Morgan fingerprint density at radius 1 is 1.32 bits per heavy atom. The molecule has 2 bridgehead atoms. The molecule has 22 heavy (non-hydrogen) atoms. The van der Waals surface area contributed by atoms with Gasteiger partial charge in [0.1, 0.15) is 11.8 Å². The maximum absolute atomic E-state index is 12.5. The van der Waals surface area contributed by atoms with E-state index in [-0.39, 0.29) is 11.9 Å². The van der Waals surface area contributed by atoms with Crippen LogP contribution in [0.5, 0.6) is 0 Å². The lowest BCUT2D eigenvalue weighted by Gasteiger charge is -2.30. The van der Waals surface area contributed by atoms with Gasteiger partial charge in [-0.1, -0.05) is 0 Å². The molecule has 2 aliphatic rings. The highest BCUT2D eigenvalue weighted by Gasteiger charge is 2.32. The summed E-state index contributed by atoms with van der Waals surface area (Å²) in [6.07, 6.45) is 4.14. The molecule has 2 aromatic heterocycles. The Morgan fingerprint density at radius 3 is 3.05 bits per heavy atom. The maximum Gasteiger partial charge on any atom is 0.251 e. The van der Waals surface area contributed by atoms with E-state index in [1.165, 1.54) is 19.5 Å². The molecule has 4 heterocycles. The molecular weight excluding hydrogens is 276 g/mol. The van der Waals surface area contributed by atoms with Crippen LogP contribution in [-0.2, 0) is 0 Å². The van der Waals surface area contributed by atoms with E-state index < -0.39 is 0 Å². The van der Waals surface area contributed by atoms with Gasteiger partial charge in [-0.15, -0.1) is 0 Å². The second-order valence-electron chi connectivity index (χ2n) is 6.36. The van der Waals surface area contributed by atoms with E-state index in [1.54, 1.807) is 22.7 Å². The van der Waals surface area contributed by atoms with Crippen LogP contribution in [0.2, 0.25) is 0 Å². The molecule has 0 radical (unpaired) electrons. The third kappa shape index (κ3) is 2.26. The summed E-state index contributed by atoms with van der Waals surface area (Å²) in [6.45, 7) is 3.33. The minimum Gasteiger partial charge on any atom is -0.348 e. The molecule has 1 unspecified atom stereocenters. The Morgan fingerprint density at radius 2 is 2.23 bits per heavy atom. The first-order valence-corrected chi connectivity index (χ1v) is 7.77. The van der Waals surface area contributed by atoms with E-state index in [4.69, 9.17) is 5.26 Å². The Bertz CT molecular complexity index is 761. The standard InChI is InChI=1S/C17H18N4O/c18-9-16-2-1-15-8-13(4-6-21(15)16)17(22)19-14-7-12-3-5-20(10-12)11-14/h1-2,4,6,8,12,14H,3,5,7,10-11H2,(H,19,22)/t12-,14+/m0/s1. The molecule has 5 heteroatoms. The van der Waals surface area contributed by atoms with Crippen LogP contribution >= 0.6 is 0 Å². The summed E-state index contributed by atoms with van der Waals surface area (Å²) in [5.74, 6) is 0.722. The second-order valence-corrected chi connectivity index (χ2v) is 6.36. The number of nitriles is 1. The molecule has 0 aromatic carbocycles. The average molecular weight is 294 g/mol. The molecule has 0 aliphatic carbocycles. The van der Waals surface area contributed by atoms with Crippen molar-refractivity contribution in [1.29, 1.82) is 5.26 Å². The quantitative estimate of drug-likeness (QED) is 0.916. The number of hydrogen-bond acceptors (Lipinski definition) is 3. The van der Waals surface area contributed by atoms with Crippen molar-refractivity contribution in [2.45, 2.75) is 18.9 Å². The van der Waals surface area contributed by atoms with Gasteiger partial charge < -0.3 is 14.6 Å². The SMILES string of the molecule is N#Cc1ccc2cc(C(=O)N[C@@H]3C[C@@H]4CCN(C4)C3)ccn12. The predicted molar refractivity (Wildman–Crippen MR) is 82.5 cm³/mol. The van der Waals surface area contributed by atoms with Crippen LogP contribution in [-0.4, -0.2) is 40.9 Å². The largest absolute Gasteiger partial charge is 0.348 e. The zero-order chi connectivity index (χ0) is 15.1. The number of rotatable bonds is 2. The van der Waals surface area contributed by atoms with Crippen LogP contribution < -0.4 is 5.32 Å². The summed E-state index contributed by atoms with van der Waals surface area (Å²) in [5.41, 5.74) is 2.11. The van der Waals surface area contributed by atoms with Crippen molar-refractivity contribution in [3.63, 3.8) is 0 Å². The molecule has 2 saturated heterocycles. The van der Waals surface area contributed by atoms with Gasteiger partial charge in [0.2, 0.25) is 0 Å². The number of carbonyl (C=O) groups excluding carboxylic acids is 1. The third-order valence-corrected chi connectivity index (χ3v) is 4.83. The predicted octanol–water partition coefficient (Wildman–Crippen LogP) is 1.63. The van der Waals surface area contributed by atoms with Crippen molar-refractivity contribution >= 4 is 11.4 Å². The Labute approximate surface area is 129 Å². The van der Waals surface area contributed by atoms with Gasteiger partial charge in [0.25, 0.3) is 5.91 Å². The molecule has 5 nitrogen and oxygen atoms in total. The topological polar surface area (TPSA) is 60.5 Å². The normalized spacial score (nSPS) is 26.8. The highest BCUT2D eigenvalue weighted by Crippen LogP contribution is 2.26. The first-order chi connectivity index (χ1) is 10.7. The number of amides is 1. The molecule has 4 rings (SSSR count). The number of aromatic nitrogens is 1. The van der Waals surface area contributed by atoms with Crippen molar-refractivity contribution in [2.75, 3.05) is 19.6 Å². The highest BCUT2D eigenvalue weighted by atomic mass is 16.1. The van der Waals surface area contributed by atoms with E-state index >= 15 is 0 Å². The van der Waals surface area contributed by atoms with Crippen molar-refractivity contribution in [1.82, 2.24) is 14.6 Å². The fourth-order valence-electron chi connectivity index (χ4n) is 3.78. The maximum atomic E-state index is 12.5. The number of piperidine rings is 1. The highest BCUT2D eigenvalue weighted by molar-refractivity contribution is 5.95. The smallest absolute Gasteiger partial charge is 0.251 e. The zero-order valence-corrected chi connectivity index (χ0v) is 12.3. The number of nitrogens with one attached hydrogen (secondary N) is 1. The minimum atomic E-state index is -0.0188. The summed E-state index contributed by atoms with van der Waals surface area (Å²) in [6, 6.07) is 9.64. The van der Waals surface area contributed by atoms with Crippen LogP contribution in [0.1, 0.15) is 28.9 Å². The summed E-state index contributed by atoms with van der Waals surface area (Å²) in [5, 5.41) is 12.2. The van der Waals surface area contributed by atoms with E-state index in [9.17, 15) is 4.79 Å². The molecule has 1 N–H and O–H groups in total. The third-order valence-electron chi connectivity index (χ3n) is 4.83. The number of carbonyl (C=O) groups is 1. The van der Waals surface area contributed by atoms with E-state index in [2.05, 4.69) is 16.3 Å². The van der Waals surface area contributed by atoms with Crippen molar-refractivity contribution in [3.8, 4) is 6.07 Å². The molecular formula is C17H18N4O. The van der Waals surface area contributed by atoms with Gasteiger partial charge in [0.15, 0.2) is 0 Å². The number of hydrogen-bond donors (Lipinski definition) is 1. The lowest BCUT2D eigenvalue weighted by molar-refractivity contribution is 0.0909. The van der Waals surface area contributed by atoms with Crippen LogP contribution in [0.25, 0.3) is 5.52 Å². The first-order valence-electron chi connectivity index (χ1n) is 7.77. The van der Waals surface area contributed by atoms with Gasteiger partial charge in [0, 0.05) is 36.4 Å². The molecule has 2 aromatic rings. The van der Waals surface area contributed by atoms with Gasteiger partial charge in [0.05, 0.1) is 0 Å². The molecule has 3 atom stereocenters. The summed E-state index contributed by atoms with van der Waals surface area (Å²) in [7, 11) is 0. The van der Waals surface area contributed by atoms with Gasteiger partial charge in [-0.3, -0.25) is 4.79 Å². The lowest BCUT2D eigenvalue weighted by atomic mass is 9.96. The number of pyridine rings is 1. The average Bonchev–Trinajstić information content (AvgIpc) is 3.09. The summed E-state index contributed by atoms with van der Waals surface area (Å²) in [4.78, 5) is 14.9. The summed E-state index contributed by atoms with van der Waals surface area (Å²) >= 11 is 0. The molecule has 0 saturated carbocycles. The van der Waals surface area contributed by atoms with Crippen molar-refractivity contribution in [2.24, 2.45) is 5.92 Å². The second kappa shape index (κ2) is 5.15. The van der Waals surface area contributed by atoms with Gasteiger partial charge in [-0.05, 0) is 49.6 Å². The van der Waals surface area contributed by atoms with Crippen molar-refractivity contribution < 1.29 is 4.79 Å². The molecule has 2 fully saturated rings. The summed E-state index contributed by atoms with van der Waals surface area (Å²) < 4.78 is 1.79. The van der Waals surface area contributed by atoms with Gasteiger partial charge in [-0.2, -0.15) is 5.26 Å². The van der Waals surface area contributed by atoms with E-state index in [0.717, 1.165) is 24.4 Å².